The Balaban J connectivity index is 1.18. The van der Waals surface area contributed by atoms with Crippen LogP contribution in [-0.2, 0) is 21.2 Å². The van der Waals surface area contributed by atoms with E-state index in [2.05, 4.69) is 30.8 Å². The van der Waals surface area contributed by atoms with Gasteiger partial charge >= 0.3 is 0 Å². The second-order valence-corrected chi connectivity index (χ2v) is 11.0. The summed E-state index contributed by atoms with van der Waals surface area (Å²) in [5, 5.41) is 0. The van der Waals surface area contributed by atoms with Crippen LogP contribution in [0.5, 0.6) is 0 Å². The average molecular weight is 480 g/mol. The number of benzene rings is 1. The molecule has 0 unspecified atom stereocenters. The minimum Gasteiger partial charge on any atom is -0.376 e. The van der Waals surface area contributed by atoms with Crippen molar-refractivity contribution in [3.8, 4) is 0 Å². The summed E-state index contributed by atoms with van der Waals surface area (Å²) in [5.74, 6) is 3.02. The first-order valence-corrected chi connectivity index (χ1v) is 12.7. The van der Waals surface area contributed by atoms with Crippen LogP contribution in [0.2, 0.25) is 0 Å². The van der Waals surface area contributed by atoms with Crippen LogP contribution in [0.3, 0.4) is 0 Å². The Hall–Kier alpha value is -1.51. The monoisotopic (exact) mass is 479 g/mol. The molecule has 1 aromatic carbocycles. The highest BCUT2D eigenvalue weighted by molar-refractivity contribution is 9.10. The quantitative estimate of drug-likeness (QED) is 0.602. The zero-order valence-electron chi connectivity index (χ0n) is 16.5. The van der Waals surface area contributed by atoms with Gasteiger partial charge in [0.1, 0.15) is 0 Å². The summed E-state index contributed by atoms with van der Waals surface area (Å²) in [7, 11) is -3.14. The van der Waals surface area contributed by atoms with E-state index in [0.29, 0.717) is 17.4 Å². The van der Waals surface area contributed by atoms with Gasteiger partial charge in [0.25, 0.3) is 0 Å². The standard InChI is InChI=1S/C21H26BrN3O3S/c1-29(26,27)19-4-2-15(3-5-19)13-28-14-17-10-20(17)16-6-8-25(9-7-16)21-23-11-18(22)12-24-21/h2-5,11-12,16-17,20H,6-10,13-14H2,1H3/t17-,20+/m0/s1. The molecule has 0 spiro atoms. The number of halogens is 1. The maximum absolute atomic E-state index is 11.5. The van der Waals surface area contributed by atoms with E-state index in [9.17, 15) is 8.42 Å². The van der Waals surface area contributed by atoms with Gasteiger partial charge in [-0.15, -0.1) is 0 Å². The van der Waals surface area contributed by atoms with E-state index in [4.69, 9.17) is 4.74 Å². The first-order chi connectivity index (χ1) is 13.9. The van der Waals surface area contributed by atoms with Crippen LogP contribution in [0.15, 0.2) is 46.0 Å². The summed E-state index contributed by atoms with van der Waals surface area (Å²) < 4.78 is 29.8. The third-order valence-corrected chi connectivity index (χ3v) is 7.50. The maximum atomic E-state index is 11.5. The molecule has 8 heteroatoms. The topological polar surface area (TPSA) is 72.4 Å². The zero-order valence-corrected chi connectivity index (χ0v) is 18.9. The van der Waals surface area contributed by atoms with E-state index in [1.807, 2.05) is 12.1 Å². The molecule has 0 amide bonds. The molecule has 1 saturated carbocycles. The van der Waals surface area contributed by atoms with Gasteiger partial charge in [-0.3, -0.25) is 0 Å². The smallest absolute Gasteiger partial charge is 0.225 e. The molecule has 1 aliphatic heterocycles. The average Bonchev–Trinajstić information content (AvgIpc) is 3.48. The minimum absolute atomic E-state index is 0.350. The fourth-order valence-corrected chi connectivity index (χ4v) is 5.03. The van der Waals surface area contributed by atoms with Crippen molar-refractivity contribution in [2.75, 3.05) is 30.9 Å². The van der Waals surface area contributed by atoms with Gasteiger partial charge < -0.3 is 9.64 Å². The number of sulfone groups is 1. The molecule has 6 nitrogen and oxygen atoms in total. The van der Waals surface area contributed by atoms with Gasteiger partial charge in [0.2, 0.25) is 5.95 Å². The van der Waals surface area contributed by atoms with Gasteiger partial charge in [0, 0.05) is 31.7 Å². The van der Waals surface area contributed by atoms with Crippen LogP contribution in [0.4, 0.5) is 5.95 Å². The van der Waals surface area contributed by atoms with Crippen molar-refractivity contribution >= 4 is 31.7 Å². The Labute approximate surface area is 180 Å². The number of piperidine rings is 1. The Kier molecular flexibility index (Phi) is 6.22. The van der Waals surface area contributed by atoms with Gasteiger partial charge in [-0.1, -0.05) is 12.1 Å². The van der Waals surface area contributed by atoms with E-state index in [0.717, 1.165) is 47.5 Å². The molecule has 2 fully saturated rings. The number of anilines is 1. The number of hydrogen-bond acceptors (Lipinski definition) is 6. The van der Waals surface area contributed by atoms with Crippen molar-refractivity contribution in [1.82, 2.24) is 9.97 Å². The van der Waals surface area contributed by atoms with E-state index in [1.165, 1.54) is 25.5 Å². The van der Waals surface area contributed by atoms with Crippen LogP contribution in [0.25, 0.3) is 0 Å². The second-order valence-electron chi connectivity index (χ2n) is 8.12. The van der Waals surface area contributed by atoms with Gasteiger partial charge in [-0.25, -0.2) is 18.4 Å². The van der Waals surface area contributed by atoms with Crippen molar-refractivity contribution in [3.63, 3.8) is 0 Å². The summed E-state index contributed by atoms with van der Waals surface area (Å²) in [5.41, 5.74) is 1.01. The molecular weight excluding hydrogens is 454 g/mol. The zero-order chi connectivity index (χ0) is 20.4. The predicted octanol–water partition coefficient (Wildman–Crippen LogP) is 3.71. The summed E-state index contributed by atoms with van der Waals surface area (Å²) in [4.78, 5) is 11.4. The number of hydrogen-bond donors (Lipinski definition) is 0. The van der Waals surface area contributed by atoms with Gasteiger partial charge in [0.05, 0.1) is 22.6 Å². The van der Waals surface area contributed by atoms with Crippen molar-refractivity contribution in [1.29, 1.82) is 0 Å². The van der Waals surface area contributed by atoms with E-state index in [-0.39, 0.29) is 0 Å². The Morgan fingerprint density at radius 2 is 1.79 bits per heavy atom. The SMILES string of the molecule is CS(=O)(=O)c1ccc(COC[C@@H]2C[C@@H]2C2CCN(c3ncc(Br)cn3)CC2)cc1. The highest BCUT2D eigenvalue weighted by Crippen LogP contribution is 2.48. The van der Waals surface area contributed by atoms with Crippen LogP contribution >= 0.6 is 15.9 Å². The van der Waals surface area contributed by atoms with E-state index in [1.54, 1.807) is 24.5 Å². The lowest BCUT2D eigenvalue weighted by molar-refractivity contribution is 0.104. The predicted molar refractivity (Wildman–Crippen MR) is 115 cm³/mol. The largest absolute Gasteiger partial charge is 0.376 e. The van der Waals surface area contributed by atoms with E-state index < -0.39 is 9.84 Å². The molecule has 2 heterocycles. The second kappa shape index (κ2) is 8.70. The lowest BCUT2D eigenvalue weighted by Crippen LogP contribution is -2.35. The van der Waals surface area contributed by atoms with Crippen molar-refractivity contribution < 1.29 is 13.2 Å². The minimum atomic E-state index is -3.14. The molecule has 2 aliphatic rings. The Morgan fingerprint density at radius 1 is 1.14 bits per heavy atom. The van der Waals surface area contributed by atoms with Crippen LogP contribution < -0.4 is 4.90 Å². The number of ether oxygens (including phenoxy) is 1. The molecule has 0 bridgehead atoms. The normalized spacial score (nSPS) is 22.6. The van der Waals surface area contributed by atoms with Crippen molar-refractivity contribution in [2.45, 2.75) is 30.8 Å². The summed E-state index contributed by atoms with van der Waals surface area (Å²) >= 11 is 3.38. The van der Waals surface area contributed by atoms with Crippen LogP contribution in [-0.4, -0.2) is 44.3 Å². The number of aromatic nitrogens is 2. The fraction of sp³-hybridized carbons (Fsp3) is 0.524. The lowest BCUT2D eigenvalue weighted by Gasteiger charge is -2.32. The Morgan fingerprint density at radius 3 is 2.41 bits per heavy atom. The summed E-state index contributed by atoms with van der Waals surface area (Å²) in [6.07, 6.45) is 8.46. The molecule has 0 N–H and O–H groups in total. The molecular formula is C21H26BrN3O3S. The van der Waals surface area contributed by atoms with Crippen LogP contribution in [0, 0.1) is 17.8 Å². The maximum Gasteiger partial charge on any atom is 0.225 e. The fourth-order valence-electron chi connectivity index (χ4n) is 4.20. The molecule has 1 saturated heterocycles. The van der Waals surface area contributed by atoms with Crippen molar-refractivity contribution in [3.05, 3.63) is 46.7 Å². The van der Waals surface area contributed by atoms with Gasteiger partial charge in [-0.2, -0.15) is 0 Å². The molecule has 156 valence electrons. The number of rotatable bonds is 7. The molecule has 4 rings (SSSR count). The molecule has 1 aliphatic carbocycles. The molecule has 2 atom stereocenters. The van der Waals surface area contributed by atoms with Gasteiger partial charge in [-0.05, 0) is 70.6 Å². The summed E-state index contributed by atoms with van der Waals surface area (Å²) in [6, 6.07) is 6.97. The molecule has 2 aromatic rings. The highest BCUT2D eigenvalue weighted by Gasteiger charge is 2.43. The number of nitrogens with zero attached hydrogens (tertiary/aromatic N) is 3. The third kappa shape index (κ3) is 5.35. The molecule has 0 radical (unpaired) electrons. The van der Waals surface area contributed by atoms with Gasteiger partial charge in [0.15, 0.2) is 9.84 Å². The summed E-state index contributed by atoms with van der Waals surface area (Å²) in [6.45, 7) is 3.35. The third-order valence-electron chi connectivity index (χ3n) is 5.96. The van der Waals surface area contributed by atoms with Crippen molar-refractivity contribution in [2.24, 2.45) is 17.8 Å². The first-order valence-electron chi connectivity index (χ1n) is 9.99. The Bertz CT molecular complexity index is 927. The first kappa shape index (κ1) is 20.8. The molecule has 29 heavy (non-hydrogen) atoms. The highest BCUT2D eigenvalue weighted by atomic mass is 79.9. The van der Waals surface area contributed by atoms with Crippen LogP contribution in [0.1, 0.15) is 24.8 Å². The lowest BCUT2D eigenvalue weighted by atomic mass is 9.91. The molecule has 1 aromatic heterocycles. The van der Waals surface area contributed by atoms with E-state index >= 15 is 0 Å².